The van der Waals surface area contributed by atoms with Crippen LogP contribution >= 0.6 is 27.7 Å². The zero-order valence-corrected chi connectivity index (χ0v) is 15.9. The van der Waals surface area contributed by atoms with Crippen molar-refractivity contribution in [3.8, 4) is 11.5 Å². The number of nitrogens with zero attached hydrogens (tertiary/aromatic N) is 1. The molecule has 1 amide bonds. The standard InChI is InChI=1S/C18H15BrN2O3S/c1-10-4-3-5-12(6-10)20-18-21-17(23)15(25-18)9-11-7-13(19)16(22)14(8-11)24-2/h3-9,22H,1-2H3,(H,20,21,23)/b15-9-. The Kier molecular flexibility index (Phi) is 5.15. The van der Waals surface area contributed by atoms with Crippen LogP contribution in [0.4, 0.5) is 5.69 Å². The molecule has 0 unspecified atom stereocenters. The largest absolute Gasteiger partial charge is 0.503 e. The van der Waals surface area contributed by atoms with E-state index in [9.17, 15) is 9.90 Å². The average Bonchev–Trinajstić information content (AvgIpc) is 2.90. The molecule has 2 aromatic rings. The van der Waals surface area contributed by atoms with Crippen LogP contribution in [0.25, 0.3) is 6.08 Å². The van der Waals surface area contributed by atoms with Crippen molar-refractivity contribution >= 4 is 50.5 Å². The molecule has 5 nitrogen and oxygen atoms in total. The molecule has 7 heteroatoms. The summed E-state index contributed by atoms with van der Waals surface area (Å²) in [6.07, 6.45) is 1.73. The number of hydrogen-bond donors (Lipinski definition) is 2. The predicted molar refractivity (Wildman–Crippen MR) is 104 cm³/mol. The highest BCUT2D eigenvalue weighted by atomic mass is 79.9. The second kappa shape index (κ2) is 7.33. The number of phenolic OH excluding ortho intramolecular Hbond substituents is 1. The van der Waals surface area contributed by atoms with Gasteiger partial charge in [0.05, 0.1) is 22.2 Å². The lowest BCUT2D eigenvalue weighted by Gasteiger charge is -2.06. The Labute approximate surface area is 157 Å². The Balaban J connectivity index is 1.88. The van der Waals surface area contributed by atoms with Crippen molar-refractivity contribution in [3.05, 3.63) is 56.9 Å². The fourth-order valence-corrected chi connectivity index (χ4v) is 3.58. The van der Waals surface area contributed by atoms with Gasteiger partial charge in [0.2, 0.25) is 0 Å². The summed E-state index contributed by atoms with van der Waals surface area (Å²) in [5.74, 6) is 0.146. The quantitative estimate of drug-likeness (QED) is 0.726. The van der Waals surface area contributed by atoms with Gasteiger partial charge in [0.15, 0.2) is 16.7 Å². The highest BCUT2D eigenvalue weighted by Crippen LogP contribution is 2.37. The van der Waals surface area contributed by atoms with Crippen LogP contribution in [0.1, 0.15) is 11.1 Å². The van der Waals surface area contributed by atoms with E-state index in [0.717, 1.165) is 16.8 Å². The summed E-state index contributed by atoms with van der Waals surface area (Å²) in [5.41, 5.74) is 2.63. The SMILES string of the molecule is COc1cc(/C=C2\SC(=Nc3cccc(C)c3)NC2=O)cc(Br)c1O. The van der Waals surface area contributed by atoms with Crippen LogP contribution in [0.2, 0.25) is 0 Å². The van der Waals surface area contributed by atoms with Gasteiger partial charge in [0, 0.05) is 0 Å². The van der Waals surface area contributed by atoms with E-state index in [1.165, 1.54) is 18.9 Å². The Bertz CT molecular complexity index is 909. The summed E-state index contributed by atoms with van der Waals surface area (Å²) in [6, 6.07) is 11.1. The molecular weight excluding hydrogens is 404 g/mol. The lowest BCUT2D eigenvalue weighted by molar-refractivity contribution is -0.115. The van der Waals surface area contributed by atoms with Crippen LogP contribution in [-0.2, 0) is 4.79 Å². The first kappa shape index (κ1) is 17.6. The van der Waals surface area contributed by atoms with E-state index in [1.54, 1.807) is 18.2 Å². The number of halogens is 1. The molecule has 1 aliphatic heterocycles. The number of thioether (sulfide) groups is 1. The molecule has 25 heavy (non-hydrogen) atoms. The van der Waals surface area contributed by atoms with E-state index in [4.69, 9.17) is 4.74 Å². The summed E-state index contributed by atoms with van der Waals surface area (Å²) in [6.45, 7) is 1.99. The topological polar surface area (TPSA) is 70.9 Å². The third-order valence-corrected chi connectivity index (χ3v) is 4.97. The van der Waals surface area contributed by atoms with Crippen molar-refractivity contribution in [2.45, 2.75) is 6.92 Å². The van der Waals surface area contributed by atoms with Crippen molar-refractivity contribution in [2.75, 3.05) is 7.11 Å². The lowest BCUT2D eigenvalue weighted by atomic mass is 10.2. The van der Waals surface area contributed by atoms with Gasteiger partial charge < -0.3 is 15.2 Å². The van der Waals surface area contributed by atoms with Crippen LogP contribution < -0.4 is 10.1 Å². The Morgan fingerprint density at radius 1 is 1.32 bits per heavy atom. The number of phenols is 1. The van der Waals surface area contributed by atoms with Gasteiger partial charge in [0.25, 0.3) is 5.91 Å². The third kappa shape index (κ3) is 4.05. The Hall–Kier alpha value is -2.25. The molecule has 0 radical (unpaired) electrons. The maximum atomic E-state index is 12.2. The molecule has 1 heterocycles. The molecular formula is C18H15BrN2O3S. The highest BCUT2D eigenvalue weighted by Gasteiger charge is 2.24. The monoisotopic (exact) mass is 418 g/mol. The first-order valence-corrected chi connectivity index (χ1v) is 9.00. The van der Waals surface area contributed by atoms with Gasteiger partial charge in [-0.3, -0.25) is 4.79 Å². The van der Waals surface area contributed by atoms with Crippen molar-refractivity contribution in [1.29, 1.82) is 0 Å². The smallest absolute Gasteiger partial charge is 0.264 e. The van der Waals surface area contributed by atoms with Gasteiger partial charge in [0.1, 0.15) is 0 Å². The van der Waals surface area contributed by atoms with E-state index in [0.29, 0.717) is 20.3 Å². The van der Waals surface area contributed by atoms with Crippen molar-refractivity contribution in [2.24, 2.45) is 4.99 Å². The number of amides is 1. The minimum atomic E-state index is -0.209. The molecule has 1 aliphatic rings. The van der Waals surface area contributed by atoms with Crippen molar-refractivity contribution < 1.29 is 14.6 Å². The number of methoxy groups -OCH3 is 1. The van der Waals surface area contributed by atoms with Gasteiger partial charge in [-0.05, 0) is 76.1 Å². The van der Waals surface area contributed by atoms with Gasteiger partial charge >= 0.3 is 0 Å². The minimum Gasteiger partial charge on any atom is -0.503 e. The molecule has 3 rings (SSSR count). The molecule has 1 fully saturated rings. The number of aryl methyl sites for hydroxylation is 1. The fraction of sp³-hybridized carbons (Fsp3) is 0.111. The molecule has 128 valence electrons. The van der Waals surface area contributed by atoms with Crippen LogP contribution in [0, 0.1) is 6.92 Å². The van der Waals surface area contributed by atoms with Crippen LogP contribution in [0.3, 0.4) is 0 Å². The first-order chi connectivity index (χ1) is 12.0. The number of carbonyl (C=O) groups excluding carboxylic acids is 1. The number of benzene rings is 2. The lowest BCUT2D eigenvalue weighted by Crippen LogP contribution is -2.19. The van der Waals surface area contributed by atoms with E-state index < -0.39 is 0 Å². The number of amidine groups is 1. The minimum absolute atomic E-state index is 0.0230. The summed E-state index contributed by atoms with van der Waals surface area (Å²) < 4.78 is 5.62. The summed E-state index contributed by atoms with van der Waals surface area (Å²) in [7, 11) is 1.47. The zero-order chi connectivity index (χ0) is 18.0. The van der Waals surface area contributed by atoms with Crippen molar-refractivity contribution in [3.63, 3.8) is 0 Å². The van der Waals surface area contributed by atoms with E-state index in [1.807, 2.05) is 31.2 Å². The maximum Gasteiger partial charge on any atom is 0.264 e. The van der Waals surface area contributed by atoms with Gasteiger partial charge in [-0.1, -0.05) is 12.1 Å². The van der Waals surface area contributed by atoms with Crippen LogP contribution in [-0.4, -0.2) is 23.3 Å². The van der Waals surface area contributed by atoms with Crippen LogP contribution in [0.5, 0.6) is 11.5 Å². The molecule has 0 aliphatic carbocycles. The number of carbonyl (C=O) groups is 1. The number of hydrogen-bond acceptors (Lipinski definition) is 5. The molecule has 2 N–H and O–H groups in total. The molecule has 0 spiro atoms. The van der Waals surface area contributed by atoms with Gasteiger partial charge in [-0.25, -0.2) is 4.99 Å². The van der Waals surface area contributed by atoms with Gasteiger partial charge in [-0.2, -0.15) is 0 Å². The molecule has 2 aromatic carbocycles. The van der Waals surface area contributed by atoms with Crippen LogP contribution in [0.15, 0.2) is 50.8 Å². The predicted octanol–water partition coefficient (Wildman–Crippen LogP) is 4.36. The first-order valence-electron chi connectivity index (χ1n) is 7.39. The van der Waals surface area contributed by atoms with E-state index in [2.05, 4.69) is 26.2 Å². The van der Waals surface area contributed by atoms with E-state index in [-0.39, 0.29) is 11.7 Å². The van der Waals surface area contributed by atoms with Crippen molar-refractivity contribution in [1.82, 2.24) is 5.32 Å². The highest BCUT2D eigenvalue weighted by molar-refractivity contribution is 9.10. The number of ether oxygens (including phenoxy) is 1. The number of aliphatic imine (C=N–C) groups is 1. The molecule has 0 saturated carbocycles. The summed E-state index contributed by atoms with van der Waals surface area (Å²) >= 11 is 4.54. The number of rotatable bonds is 3. The second-order valence-corrected chi connectivity index (χ2v) is 7.26. The molecule has 0 aromatic heterocycles. The number of nitrogens with one attached hydrogen (secondary N) is 1. The average molecular weight is 419 g/mol. The number of aromatic hydroxyl groups is 1. The van der Waals surface area contributed by atoms with E-state index >= 15 is 0 Å². The Morgan fingerprint density at radius 3 is 2.84 bits per heavy atom. The second-order valence-electron chi connectivity index (χ2n) is 5.37. The summed E-state index contributed by atoms with van der Waals surface area (Å²) in [5, 5.41) is 13.2. The molecule has 0 bridgehead atoms. The fourth-order valence-electron chi connectivity index (χ4n) is 2.28. The third-order valence-electron chi connectivity index (χ3n) is 3.45. The van der Waals surface area contributed by atoms with Gasteiger partial charge in [-0.15, -0.1) is 0 Å². The molecule has 1 saturated heterocycles. The normalized spacial score (nSPS) is 17.2. The zero-order valence-electron chi connectivity index (χ0n) is 13.5. The molecule has 0 atom stereocenters. The summed E-state index contributed by atoms with van der Waals surface area (Å²) in [4.78, 5) is 17.2. The Morgan fingerprint density at radius 2 is 2.12 bits per heavy atom. The maximum absolute atomic E-state index is 12.2.